The standard InChI is InChI=1S/C11H16ClFN2O2S/c1-15(2)7-3-6-14-18(16,17)11-5-4-9(12)8-10(11)13/h4-5,8,14H,3,6-7H2,1-2H3. The van der Waals surface area contributed by atoms with Crippen molar-refractivity contribution in [2.75, 3.05) is 27.2 Å². The van der Waals surface area contributed by atoms with Crippen LogP contribution in [0.25, 0.3) is 0 Å². The maximum Gasteiger partial charge on any atom is 0.243 e. The first kappa shape index (κ1) is 15.4. The summed E-state index contributed by atoms with van der Waals surface area (Å²) < 4.78 is 39.4. The Kier molecular flexibility index (Phi) is 5.52. The van der Waals surface area contributed by atoms with Crippen LogP contribution in [0, 0.1) is 5.82 Å². The number of rotatable bonds is 6. The predicted molar refractivity (Wildman–Crippen MR) is 69.8 cm³/mol. The Labute approximate surface area is 112 Å². The molecule has 4 nitrogen and oxygen atoms in total. The lowest BCUT2D eigenvalue weighted by molar-refractivity contribution is 0.400. The maximum atomic E-state index is 13.5. The van der Waals surface area contributed by atoms with E-state index in [1.807, 2.05) is 19.0 Å². The molecule has 0 saturated heterocycles. The number of nitrogens with one attached hydrogen (secondary N) is 1. The van der Waals surface area contributed by atoms with Gasteiger partial charge in [0.1, 0.15) is 10.7 Å². The molecule has 0 unspecified atom stereocenters. The molecule has 0 aromatic heterocycles. The van der Waals surface area contributed by atoms with E-state index in [2.05, 4.69) is 4.72 Å². The fourth-order valence-corrected chi connectivity index (χ4v) is 2.66. The van der Waals surface area contributed by atoms with Gasteiger partial charge in [-0.2, -0.15) is 0 Å². The molecular weight excluding hydrogens is 279 g/mol. The van der Waals surface area contributed by atoms with Crippen LogP contribution in [-0.2, 0) is 10.0 Å². The van der Waals surface area contributed by atoms with Gasteiger partial charge in [0.2, 0.25) is 10.0 Å². The normalized spacial score (nSPS) is 12.1. The summed E-state index contributed by atoms with van der Waals surface area (Å²) in [5.74, 6) is -0.845. The van der Waals surface area contributed by atoms with E-state index in [1.54, 1.807) is 0 Å². The maximum absolute atomic E-state index is 13.5. The smallest absolute Gasteiger partial charge is 0.243 e. The highest BCUT2D eigenvalue weighted by Crippen LogP contribution is 2.18. The second-order valence-electron chi connectivity index (χ2n) is 4.13. The van der Waals surface area contributed by atoms with Gasteiger partial charge in [0.15, 0.2) is 0 Å². The van der Waals surface area contributed by atoms with Gasteiger partial charge in [-0.05, 0) is 45.3 Å². The van der Waals surface area contributed by atoms with Crippen LogP contribution in [-0.4, -0.2) is 40.5 Å². The molecular formula is C11H16ClFN2O2S. The summed E-state index contributed by atoms with van der Waals surface area (Å²) in [6.45, 7) is 1.02. The highest BCUT2D eigenvalue weighted by atomic mass is 35.5. The Balaban J connectivity index is 2.69. The molecule has 0 atom stereocenters. The molecule has 0 amide bonds. The van der Waals surface area contributed by atoms with Crippen LogP contribution in [0.15, 0.2) is 23.1 Å². The van der Waals surface area contributed by atoms with Gasteiger partial charge in [0, 0.05) is 11.6 Å². The third-order valence-corrected chi connectivity index (χ3v) is 3.99. The minimum atomic E-state index is -3.81. The second kappa shape index (κ2) is 6.47. The van der Waals surface area contributed by atoms with Gasteiger partial charge in [-0.3, -0.25) is 0 Å². The van der Waals surface area contributed by atoms with Crippen molar-refractivity contribution in [3.8, 4) is 0 Å². The Morgan fingerprint density at radius 1 is 1.39 bits per heavy atom. The van der Waals surface area contributed by atoms with Crippen molar-refractivity contribution in [3.63, 3.8) is 0 Å². The molecule has 7 heteroatoms. The van der Waals surface area contributed by atoms with Gasteiger partial charge in [-0.1, -0.05) is 11.6 Å². The molecule has 0 bridgehead atoms. The topological polar surface area (TPSA) is 49.4 Å². The zero-order chi connectivity index (χ0) is 13.8. The Hall–Kier alpha value is -0.690. The Morgan fingerprint density at radius 3 is 2.61 bits per heavy atom. The van der Waals surface area contributed by atoms with E-state index in [4.69, 9.17) is 11.6 Å². The van der Waals surface area contributed by atoms with Gasteiger partial charge in [0.25, 0.3) is 0 Å². The first-order valence-electron chi connectivity index (χ1n) is 5.42. The van der Waals surface area contributed by atoms with Crippen LogP contribution in [0.1, 0.15) is 6.42 Å². The number of nitrogens with zero attached hydrogens (tertiary/aromatic N) is 1. The molecule has 1 aromatic carbocycles. The SMILES string of the molecule is CN(C)CCCNS(=O)(=O)c1ccc(Cl)cc1F. The molecule has 0 fully saturated rings. The lowest BCUT2D eigenvalue weighted by atomic mass is 10.3. The van der Waals surface area contributed by atoms with Gasteiger partial charge in [0.05, 0.1) is 0 Å². The quantitative estimate of drug-likeness (QED) is 0.813. The average molecular weight is 295 g/mol. The zero-order valence-corrected chi connectivity index (χ0v) is 11.9. The first-order valence-corrected chi connectivity index (χ1v) is 7.28. The molecule has 0 heterocycles. The summed E-state index contributed by atoms with van der Waals surface area (Å²) in [4.78, 5) is 1.56. The predicted octanol–water partition coefficient (Wildman–Crippen LogP) is 1.71. The van der Waals surface area contributed by atoms with Crippen molar-refractivity contribution >= 4 is 21.6 Å². The fourth-order valence-electron chi connectivity index (χ4n) is 1.37. The fraction of sp³-hybridized carbons (Fsp3) is 0.455. The van der Waals surface area contributed by atoms with E-state index in [0.717, 1.165) is 18.7 Å². The Bertz CT molecular complexity index is 506. The van der Waals surface area contributed by atoms with E-state index in [0.29, 0.717) is 6.42 Å². The molecule has 0 spiro atoms. The van der Waals surface area contributed by atoms with Crippen molar-refractivity contribution in [2.24, 2.45) is 0 Å². The van der Waals surface area contributed by atoms with Gasteiger partial charge in [-0.25, -0.2) is 17.5 Å². The molecule has 0 radical (unpaired) electrons. The first-order chi connectivity index (χ1) is 8.33. The molecule has 0 aliphatic carbocycles. The largest absolute Gasteiger partial charge is 0.309 e. The van der Waals surface area contributed by atoms with Crippen LogP contribution in [0.2, 0.25) is 5.02 Å². The van der Waals surface area contributed by atoms with Crippen molar-refractivity contribution in [1.82, 2.24) is 9.62 Å². The summed E-state index contributed by atoms with van der Waals surface area (Å²) in [6.07, 6.45) is 0.654. The van der Waals surface area contributed by atoms with Crippen LogP contribution < -0.4 is 4.72 Å². The van der Waals surface area contributed by atoms with E-state index < -0.39 is 15.8 Å². The molecule has 102 valence electrons. The van der Waals surface area contributed by atoms with Crippen LogP contribution in [0.3, 0.4) is 0 Å². The second-order valence-corrected chi connectivity index (χ2v) is 6.30. The summed E-state index contributed by atoms with van der Waals surface area (Å²) >= 11 is 5.57. The van der Waals surface area contributed by atoms with E-state index in [9.17, 15) is 12.8 Å². The average Bonchev–Trinajstić information content (AvgIpc) is 2.23. The highest BCUT2D eigenvalue weighted by molar-refractivity contribution is 7.89. The van der Waals surface area contributed by atoms with Crippen molar-refractivity contribution in [2.45, 2.75) is 11.3 Å². The third-order valence-electron chi connectivity index (χ3n) is 2.26. The highest BCUT2D eigenvalue weighted by Gasteiger charge is 2.18. The lowest BCUT2D eigenvalue weighted by Gasteiger charge is -2.10. The van der Waals surface area contributed by atoms with Crippen LogP contribution in [0.5, 0.6) is 0 Å². The number of benzene rings is 1. The van der Waals surface area contributed by atoms with Crippen molar-refractivity contribution in [3.05, 3.63) is 29.0 Å². The molecule has 1 N–H and O–H groups in total. The summed E-state index contributed by atoms with van der Waals surface area (Å²) in [5, 5.41) is 0.166. The summed E-state index contributed by atoms with van der Waals surface area (Å²) in [7, 11) is -0.0154. The minimum Gasteiger partial charge on any atom is -0.309 e. The third kappa shape index (κ3) is 4.53. The van der Waals surface area contributed by atoms with E-state index >= 15 is 0 Å². The number of halogens is 2. The minimum absolute atomic E-state index is 0.166. The van der Waals surface area contributed by atoms with Gasteiger partial charge >= 0.3 is 0 Å². The number of hydrogen-bond donors (Lipinski definition) is 1. The van der Waals surface area contributed by atoms with E-state index in [1.165, 1.54) is 6.07 Å². The van der Waals surface area contributed by atoms with Crippen LogP contribution in [0.4, 0.5) is 4.39 Å². The molecule has 1 aromatic rings. The lowest BCUT2D eigenvalue weighted by Crippen LogP contribution is -2.28. The van der Waals surface area contributed by atoms with E-state index in [-0.39, 0.29) is 16.5 Å². The number of sulfonamides is 1. The molecule has 0 aliphatic rings. The molecule has 0 aliphatic heterocycles. The Morgan fingerprint density at radius 2 is 2.06 bits per heavy atom. The van der Waals surface area contributed by atoms with Crippen molar-refractivity contribution in [1.29, 1.82) is 0 Å². The zero-order valence-electron chi connectivity index (χ0n) is 10.3. The van der Waals surface area contributed by atoms with Gasteiger partial charge < -0.3 is 4.90 Å². The molecule has 1 rings (SSSR count). The van der Waals surface area contributed by atoms with Crippen LogP contribution >= 0.6 is 11.6 Å². The summed E-state index contributed by atoms with van der Waals surface area (Å²) in [5.41, 5.74) is 0. The van der Waals surface area contributed by atoms with Crippen molar-refractivity contribution < 1.29 is 12.8 Å². The molecule has 0 saturated carbocycles. The summed E-state index contributed by atoms with van der Waals surface area (Å²) in [6, 6.07) is 3.49. The monoisotopic (exact) mass is 294 g/mol. The van der Waals surface area contributed by atoms with Gasteiger partial charge in [-0.15, -0.1) is 0 Å². The molecule has 18 heavy (non-hydrogen) atoms. The number of hydrogen-bond acceptors (Lipinski definition) is 3.